The Hall–Kier alpha value is -3.31. The lowest BCUT2D eigenvalue weighted by Crippen LogP contribution is -2.58. The maximum absolute atomic E-state index is 12.3. The Bertz CT molecular complexity index is 1270. The Morgan fingerprint density at radius 2 is 1.69 bits per heavy atom. The van der Waals surface area contributed by atoms with Gasteiger partial charge in [0.2, 0.25) is 0 Å². The topological polar surface area (TPSA) is 58.7 Å². The van der Waals surface area contributed by atoms with E-state index in [4.69, 9.17) is 4.99 Å². The van der Waals surface area contributed by atoms with Crippen LogP contribution in [0, 0.1) is 22.0 Å². The van der Waals surface area contributed by atoms with Crippen LogP contribution in [0.25, 0.3) is 0 Å². The lowest BCUT2D eigenvalue weighted by atomic mass is 9.59. The molecule has 1 aliphatic heterocycles. The van der Waals surface area contributed by atoms with Crippen molar-refractivity contribution < 1.29 is 4.92 Å². The first-order valence-corrected chi connectivity index (χ1v) is 13.2. The Morgan fingerprint density at radius 3 is 2.28 bits per heavy atom. The molecule has 0 radical (unpaired) electrons. The third-order valence-corrected chi connectivity index (χ3v) is 8.93. The van der Waals surface area contributed by atoms with E-state index in [1.807, 2.05) is 72.8 Å². The van der Waals surface area contributed by atoms with E-state index in [2.05, 4.69) is 18.7 Å². The van der Waals surface area contributed by atoms with E-state index in [-0.39, 0.29) is 16.0 Å². The van der Waals surface area contributed by atoms with Gasteiger partial charge in [-0.05, 0) is 66.7 Å². The Kier molecular flexibility index (Phi) is 5.76. The summed E-state index contributed by atoms with van der Waals surface area (Å²) in [6.07, 6.45) is 4.66. The quantitative estimate of drug-likeness (QED) is 0.225. The maximum atomic E-state index is 12.3. The van der Waals surface area contributed by atoms with Gasteiger partial charge < -0.3 is 0 Å². The fourth-order valence-corrected chi connectivity index (χ4v) is 6.44. The molecule has 184 valence electrons. The van der Waals surface area contributed by atoms with Gasteiger partial charge in [-0.25, -0.2) is 4.99 Å². The van der Waals surface area contributed by atoms with E-state index in [1.165, 1.54) is 24.9 Å². The number of piperidine rings is 1. The van der Waals surface area contributed by atoms with E-state index in [1.54, 1.807) is 0 Å². The first-order valence-electron chi connectivity index (χ1n) is 13.2. The van der Waals surface area contributed by atoms with Crippen LogP contribution in [-0.4, -0.2) is 34.7 Å². The molecule has 1 unspecified atom stereocenters. The molecule has 2 aliphatic carbocycles. The van der Waals surface area contributed by atoms with Gasteiger partial charge >= 0.3 is 0 Å². The zero-order valence-electron chi connectivity index (χ0n) is 21.1. The summed E-state index contributed by atoms with van der Waals surface area (Å²) in [6.45, 7) is 7.04. The van der Waals surface area contributed by atoms with E-state index in [0.717, 1.165) is 47.7 Å². The Morgan fingerprint density at radius 1 is 1.06 bits per heavy atom. The summed E-state index contributed by atoms with van der Waals surface area (Å²) >= 11 is 0. The van der Waals surface area contributed by atoms with Crippen molar-refractivity contribution in [1.29, 1.82) is 0 Å². The molecule has 3 aliphatic rings. The van der Waals surface area contributed by atoms with Crippen molar-refractivity contribution >= 4 is 17.1 Å². The number of benzene rings is 3. The largest absolute Gasteiger partial charge is 0.299 e. The third-order valence-electron chi connectivity index (χ3n) is 8.93. The highest BCUT2D eigenvalue weighted by atomic mass is 16.6. The van der Waals surface area contributed by atoms with Crippen LogP contribution in [0.5, 0.6) is 0 Å². The van der Waals surface area contributed by atoms with Crippen molar-refractivity contribution in [3.05, 3.63) is 105 Å². The lowest BCUT2D eigenvalue weighted by molar-refractivity contribution is -0.384. The summed E-state index contributed by atoms with van der Waals surface area (Å²) < 4.78 is 0. The highest BCUT2D eigenvalue weighted by Gasteiger charge is 2.49. The molecule has 1 saturated carbocycles. The zero-order valence-corrected chi connectivity index (χ0v) is 21.1. The minimum atomic E-state index is -0.259. The van der Waals surface area contributed by atoms with Crippen LogP contribution in [0.3, 0.4) is 0 Å². The highest BCUT2D eigenvalue weighted by molar-refractivity contribution is 6.14. The Labute approximate surface area is 213 Å². The van der Waals surface area contributed by atoms with Crippen LogP contribution < -0.4 is 0 Å². The van der Waals surface area contributed by atoms with Gasteiger partial charge in [-0.3, -0.25) is 15.0 Å². The molecule has 1 saturated heterocycles. The van der Waals surface area contributed by atoms with E-state index in [9.17, 15) is 10.1 Å². The molecular weight excluding hydrogens is 446 g/mol. The molecule has 3 aromatic carbocycles. The second kappa shape index (κ2) is 8.97. The average Bonchev–Trinajstić information content (AvgIpc) is 3.71. The van der Waals surface area contributed by atoms with Crippen molar-refractivity contribution in [2.45, 2.75) is 51.0 Å². The van der Waals surface area contributed by atoms with Crippen molar-refractivity contribution in [3.8, 4) is 0 Å². The first kappa shape index (κ1) is 23.1. The van der Waals surface area contributed by atoms with Gasteiger partial charge in [-0.1, -0.05) is 74.5 Å². The van der Waals surface area contributed by atoms with Crippen LogP contribution in [0.15, 0.2) is 77.8 Å². The van der Waals surface area contributed by atoms with Crippen LogP contribution in [0.1, 0.15) is 55.4 Å². The minimum Gasteiger partial charge on any atom is -0.299 e. The number of nitrogens with zero attached hydrogens (tertiary/aromatic N) is 3. The molecule has 0 N–H and O–H groups in total. The van der Waals surface area contributed by atoms with Crippen LogP contribution in [0.4, 0.5) is 11.4 Å². The fraction of sp³-hybridized carbons (Fsp3) is 0.387. The summed E-state index contributed by atoms with van der Waals surface area (Å²) in [4.78, 5) is 19.7. The van der Waals surface area contributed by atoms with Crippen molar-refractivity contribution in [1.82, 2.24) is 4.90 Å². The smallest absolute Gasteiger partial charge is 0.295 e. The predicted molar refractivity (Wildman–Crippen MR) is 144 cm³/mol. The second-order valence-electron chi connectivity index (χ2n) is 11.1. The molecule has 3 aromatic rings. The maximum Gasteiger partial charge on any atom is 0.295 e. The fourth-order valence-electron chi connectivity index (χ4n) is 6.44. The second-order valence-corrected chi connectivity index (χ2v) is 11.1. The third kappa shape index (κ3) is 4.05. The SMILES string of the molecule is CC1[C@@H]2Cc3cc([N+](=O)[O-])c(N=C(c4ccccc4)c4ccccc4)cc3[C@@]1(C)CCN2CC1CC1. The number of fused-ring (bicyclic) bond motifs is 4. The summed E-state index contributed by atoms with van der Waals surface area (Å²) in [5.74, 6) is 1.35. The number of likely N-dealkylation sites (tertiary alicyclic amines) is 1. The zero-order chi connectivity index (χ0) is 24.9. The normalized spacial score (nSPS) is 25.2. The van der Waals surface area contributed by atoms with E-state index >= 15 is 0 Å². The minimum absolute atomic E-state index is 0.00262. The predicted octanol–water partition coefficient (Wildman–Crippen LogP) is 6.70. The summed E-state index contributed by atoms with van der Waals surface area (Å²) in [5.41, 5.74) is 5.58. The number of rotatable bonds is 6. The molecule has 2 fully saturated rings. The van der Waals surface area contributed by atoms with Gasteiger partial charge in [0, 0.05) is 29.8 Å². The van der Waals surface area contributed by atoms with Crippen molar-refractivity contribution in [2.75, 3.05) is 13.1 Å². The van der Waals surface area contributed by atoms with Gasteiger partial charge in [0.1, 0.15) is 5.69 Å². The molecule has 5 nitrogen and oxygen atoms in total. The molecule has 3 atom stereocenters. The van der Waals surface area contributed by atoms with Crippen LogP contribution >= 0.6 is 0 Å². The molecule has 0 aromatic heterocycles. The molecule has 2 bridgehead atoms. The highest BCUT2D eigenvalue weighted by Crippen LogP contribution is 2.51. The number of hydrogen-bond donors (Lipinski definition) is 0. The van der Waals surface area contributed by atoms with Gasteiger partial charge in [-0.15, -0.1) is 0 Å². The number of nitro benzene ring substituents is 1. The summed E-state index contributed by atoms with van der Waals surface area (Å²) in [6, 6.07) is 24.3. The summed E-state index contributed by atoms with van der Waals surface area (Å²) in [7, 11) is 0. The number of aliphatic imine (C=N–C) groups is 1. The standard InChI is InChI=1S/C31H33N3O2/c1-21-28-17-25-18-29(34(35)36)27(19-26(25)31(21,2)15-16-33(28)20-22-13-14-22)32-30(23-9-5-3-6-10-23)24-11-7-4-8-12-24/h3-12,18-19,21-22,28H,13-17,20H2,1-2H3/t21?,28-,31-/m0/s1. The van der Waals surface area contributed by atoms with Crippen molar-refractivity contribution in [3.63, 3.8) is 0 Å². The molecule has 0 amide bonds. The first-order chi connectivity index (χ1) is 17.4. The van der Waals surface area contributed by atoms with Gasteiger partial charge in [0.05, 0.1) is 10.6 Å². The van der Waals surface area contributed by atoms with Gasteiger partial charge in [0.25, 0.3) is 5.69 Å². The molecule has 0 spiro atoms. The number of nitro groups is 1. The van der Waals surface area contributed by atoms with Gasteiger partial charge in [-0.2, -0.15) is 0 Å². The van der Waals surface area contributed by atoms with Crippen LogP contribution in [0.2, 0.25) is 0 Å². The molecular formula is C31H33N3O2. The molecule has 36 heavy (non-hydrogen) atoms. The molecule has 6 rings (SSSR count). The molecule has 5 heteroatoms. The van der Waals surface area contributed by atoms with Gasteiger partial charge in [0.15, 0.2) is 0 Å². The van der Waals surface area contributed by atoms with Crippen molar-refractivity contribution in [2.24, 2.45) is 16.8 Å². The average molecular weight is 480 g/mol. The number of hydrogen-bond acceptors (Lipinski definition) is 4. The lowest BCUT2D eigenvalue weighted by Gasteiger charge is -2.54. The Balaban J connectivity index is 1.48. The van der Waals surface area contributed by atoms with E-state index in [0.29, 0.717) is 17.6 Å². The monoisotopic (exact) mass is 479 g/mol. The molecule has 1 heterocycles. The summed E-state index contributed by atoms with van der Waals surface area (Å²) in [5, 5.41) is 12.3. The van der Waals surface area contributed by atoms with Crippen LogP contribution in [-0.2, 0) is 11.8 Å². The van der Waals surface area contributed by atoms with E-state index < -0.39 is 0 Å².